The van der Waals surface area contributed by atoms with Gasteiger partial charge in [-0.1, -0.05) is 17.7 Å². The molecule has 0 radical (unpaired) electrons. The predicted molar refractivity (Wildman–Crippen MR) is 118 cm³/mol. The largest absolute Gasteiger partial charge is 0.324 e. The number of anilines is 1. The van der Waals surface area contributed by atoms with E-state index < -0.39 is 0 Å². The fourth-order valence-corrected chi connectivity index (χ4v) is 4.73. The van der Waals surface area contributed by atoms with E-state index >= 15 is 0 Å². The summed E-state index contributed by atoms with van der Waals surface area (Å²) >= 11 is 7.43. The number of rotatable bonds is 3. The maximum Gasteiger partial charge on any atom is 0.272 e. The number of pyridine rings is 1. The number of fused-ring (bicyclic) bond motifs is 3. The second-order valence-electron chi connectivity index (χ2n) is 7.10. The summed E-state index contributed by atoms with van der Waals surface area (Å²) in [5.74, 6) is 0.168. The molecule has 4 rings (SSSR count). The van der Waals surface area contributed by atoms with E-state index in [4.69, 9.17) is 11.6 Å². The molecule has 0 saturated carbocycles. The Kier molecular flexibility index (Phi) is 4.88. The molecule has 1 aromatic carbocycles. The SMILES string of the molecule is Cc1cc(C)c2c(n1)sc1c(=O)n(CC(=O)Nc3ccc(C)c(Cl)c3)c(C)nc12. The Morgan fingerprint density at radius 2 is 1.90 bits per heavy atom. The van der Waals surface area contributed by atoms with Gasteiger partial charge >= 0.3 is 0 Å². The molecule has 0 fully saturated rings. The zero-order valence-corrected chi connectivity index (χ0v) is 18.0. The monoisotopic (exact) mass is 426 g/mol. The third-order valence-electron chi connectivity index (χ3n) is 4.82. The van der Waals surface area contributed by atoms with Gasteiger partial charge in [0.2, 0.25) is 5.91 Å². The van der Waals surface area contributed by atoms with Crippen molar-refractivity contribution in [2.45, 2.75) is 34.2 Å². The van der Waals surface area contributed by atoms with Crippen molar-refractivity contribution in [2.75, 3.05) is 5.32 Å². The number of halogens is 1. The Morgan fingerprint density at radius 3 is 2.62 bits per heavy atom. The molecule has 8 heteroatoms. The van der Waals surface area contributed by atoms with E-state index in [1.807, 2.05) is 32.9 Å². The van der Waals surface area contributed by atoms with Crippen LogP contribution < -0.4 is 10.9 Å². The molecule has 3 heterocycles. The first-order valence-corrected chi connectivity index (χ1v) is 10.3. The quantitative estimate of drug-likeness (QED) is 0.522. The third-order valence-corrected chi connectivity index (χ3v) is 6.29. The number of nitrogens with zero attached hydrogens (tertiary/aromatic N) is 3. The van der Waals surface area contributed by atoms with Crippen LogP contribution in [0.25, 0.3) is 20.4 Å². The van der Waals surface area contributed by atoms with Crippen LogP contribution in [0.3, 0.4) is 0 Å². The average molecular weight is 427 g/mol. The van der Waals surface area contributed by atoms with Crippen LogP contribution in [0.4, 0.5) is 5.69 Å². The van der Waals surface area contributed by atoms with Crippen LogP contribution in [0.5, 0.6) is 0 Å². The molecule has 0 spiro atoms. The second kappa shape index (κ2) is 7.24. The normalized spacial score (nSPS) is 11.3. The van der Waals surface area contributed by atoms with Gasteiger partial charge in [0.05, 0.1) is 5.52 Å². The lowest BCUT2D eigenvalue weighted by Crippen LogP contribution is -2.29. The first kappa shape index (κ1) is 19.5. The highest BCUT2D eigenvalue weighted by Gasteiger charge is 2.18. The Balaban J connectivity index is 1.73. The number of nitrogens with one attached hydrogen (secondary N) is 1. The molecule has 0 saturated heterocycles. The molecule has 4 aromatic rings. The molecule has 148 valence electrons. The molecule has 0 unspecified atom stereocenters. The van der Waals surface area contributed by atoms with Crippen molar-refractivity contribution in [3.8, 4) is 0 Å². The molecule has 29 heavy (non-hydrogen) atoms. The van der Waals surface area contributed by atoms with Gasteiger partial charge in [0.15, 0.2) is 0 Å². The molecule has 0 aliphatic rings. The Morgan fingerprint density at radius 1 is 1.14 bits per heavy atom. The minimum Gasteiger partial charge on any atom is -0.324 e. The second-order valence-corrected chi connectivity index (χ2v) is 8.51. The number of hydrogen-bond acceptors (Lipinski definition) is 5. The molecule has 0 bridgehead atoms. The van der Waals surface area contributed by atoms with E-state index in [9.17, 15) is 9.59 Å². The minimum absolute atomic E-state index is 0.126. The van der Waals surface area contributed by atoms with Crippen LogP contribution in [-0.4, -0.2) is 20.4 Å². The summed E-state index contributed by atoms with van der Waals surface area (Å²) in [6.07, 6.45) is 0. The summed E-state index contributed by atoms with van der Waals surface area (Å²) in [6, 6.07) is 7.28. The predicted octanol–water partition coefficient (Wildman–Crippen LogP) is 4.53. The molecule has 0 aliphatic heterocycles. The third kappa shape index (κ3) is 3.52. The van der Waals surface area contributed by atoms with Gasteiger partial charge in [-0.15, -0.1) is 11.3 Å². The van der Waals surface area contributed by atoms with E-state index in [0.717, 1.165) is 27.0 Å². The van der Waals surface area contributed by atoms with Crippen molar-refractivity contribution in [2.24, 2.45) is 0 Å². The minimum atomic E-state index is -0.317. The lowest BCUT2D eigenvalue weighted by molar-refractivity contribution is -0.116. The zero-order valence-electron chi connectivity index (χ0n) is 16.5. The van der Waals surface area contributed by atoms with Crippen molar-refractivity contribution < 1.29 is 4.79 Å². The van der Waals surface area contributed by atoms with Crippen molar-refractivity contribution in [3.63, 3.8) is 0 Å². The van der Waals surface area contributed by atoms with Crippen molar-refractivity contribution in [3.05, 3.63) is 62.3 Å². The van der Waals surface area contributed by atoms with E-state index in [0.29, 0.717) is 26.8 Å². The van der Waals surface area contributed by atoms with Gasteiger partial charge in [0.25, 0.3) is 5.56 Å². The lowest BCUT2D eigenvalue weighted by Gasteiger charge is -2.11. The van der Waals surface area contributed by atoms with Crippen molar-refractivity contribution in [1.29, 1.82) is 0 Å². The molecule has 1 N–H and O–H groups in total. The van der Waals surface area contributed by atoms with Gasteiger partial charge in [0, 0.05) is 21.8 Å². The maximum absolute atomic E-state index is 13.1. The van der Waals surface area contributed by atoms with Gasteiger partial charge in [-0.3, -0.25) is 14.2 Å². The van der Waals surface area contributed by atoms with Crippen LogP contribution in [0.15, 0.2) is 29.1 Å². The van der Waals surface area contributed by atoms with E-state index in [1.54, 1.807) is 19.1 Å². The Labute approximate surface area is 176 Å². The summed E-state index contributed by atoms with van der Waals surface area (Å²) in [5, 5.41) is 4.26. The lowest BCUT2D eigenvalue weighted by atomic mass is 10.1. The highest BCUT2D eigenvalue weighted by atomic mass is 35.5. The van der Waals surface area contributed by atoms with Crippen LogP contribution in [0.2, 0.25) is 5.02 Å². The van der Waals surface area contributed by atoms with Crippen LogP contribution in [-0.2, 0) is 11.3 Å². The number of hydrogen-bond donors (Lipinski definition) is 1. The fourth-order valence-electron chi connectivity index (χ4n) is 3.37. The zero-order chi connectivity index (χ0) is 20.9. The summed E-state index contributed by atoms with van der Waals surface area (Å²) in [7, 11) is 0. The van der Waals surface area contributed by atoms with E-state index in [-0.39, 0.29) is 18.0 Å². The number of carbonyl (C=O) groups excluding carboxylic acids is 1. The van der Waals surface area contributed by atoms with Gasteiger partial charge in [0.1, 0.15) is 21.9 Å². The fraction of sp³-hybridized carbons (Fsp3) is 0.238. The smallest absolute Gasteiger partial charge is 0.272 e. The molecule has 6 nitrogen and oxygen atoms in total. The summed E-state index contributed by atoms with van der Waals surface area (Å²) in [4.78, 5) is 35.6. The van der Waals surface area contributed by atoms with Gasteiger partial charge in [-0.2, -0.15) is 0 Å². The van der Waals surface area contributed by atoms with Gasteiger partial charge < -0.3 is 5.32 Å². The molecule has 3 aromatic heterocycles. The topological polar surface area (TPSA) is 76.9 Å². The number of thiophene rings is 1. The number of carbonyl (C=O) groups is 1. The highest BCUT2D eigenvalue weighted by molar-refractivity contribution is 7.25. The van der Waals surface area contributed by atoms with Crippen molar-refractivity contribution in [1.82, 2.24) is 14.5 Å². The van der Waals surface area contributed by atoms with Gasteiger partial charge in [-0.25, -0.2) is 9.97 Å². The van der Waals surface area contributed by atoms with E-state index in [2.05, 4.69) is 15.3 Å². The standard InChI is InChI=1S/C21H19ClN4O2S/c1-10-5-6-14(8-15(10)22)25-16(27)9-26-13(4)24-18-17-11(2)7-12(3)23-20(17)29-19(18)21(26)28/h5-8H,9H2,1-4H3,(H,25,27). The molecular weight excluding hydrogens is 408 g/mol. The Bertz CT molecular complexity index is 1360. The number of amides is 1. The summed E-state index contributed by atoms with van der Waals surface area (Å²) in [6.45, 7) is 7.41. The number of benzene rings is 1. The average Bonchev–Trinajstić information content (AvgIpc) is 3.00. The van der Waals surface area contributed by atoms with Crippen LogP contribution >= 0.6 is 22.9 Å². The highest BCUT2D eigenvalue weighted by Crippen LogP contribution is 2.32. The maximum atomic E-state index is 13.1. The van der Waals surface area contributed by atoms with Crippen LogP contribution in [0, 0.1) is 27.7 Å². The van der Waals surface area contributed by atoms with E-state index in [1.165, 1.54) is 15.9 Å². The summed E-state index contributed by atoms with van der Waals surface area (Å²) < 4.78 is 1.91. The number of aromatic nitrogens is 3. The molecule has 1 amide bonds. The number of aryl methyl sites for hydroxylation is 4. The first-order valence-electron chi connectivity index (χ1n) is 9.08. The van der Waals surface area contributed by atoms with Crippen LogP contribution in [0.1, 0.15) is 22.6 Å². The summed E-state index contributed by atoms with van der Waals surface area (Å²) in [5.41, 5.74) is 3.87. The Hall–Kier alpha value is -2.77. The molecule has 0 atom stereocenters. The van der Waals surface area contributed by atoms with Crippen molar-refractivity contribution >= 4 is 55.0 Å². The first-order chi connectivity index (χ1) is 13.7. The molecule has 0 aliphatic carbocycles. The molecular formula is C21H19ClN4O2S. The van der Waals surface area contributed by atoms with Gasteiger partial charge in [-0.05, 0) is 57.0 Å².